The maximum atomic E-state index is 11.8. The highest BCUT2D eigenvalue weighted by molar-refractivity contribution is 5.81. The molecule has 1 aromatic carbocycles. The Labute approximate surface area is 112 Å². The lowest BCUT2D eigenvalue weighted by Gasteiger charge is -2.17. The van der Waals surface area contributed by atoms with Gasteiger partial charge in [-0.25, -0.2) is 0 Å². The molecule has 1 rings (SSSR count). The molecular weight excluding hydrogens is 246 g/mol. The molecule has 1 amide bonds. The number of aliphatic carboxylic acids is 1. The number of amides is 1. The van der Waals surface area contributed by atoms with Crippen molar-refractivity contribution in [3.8, 4) is 5.75 Å². The lowest BCUT2D eigenvalue weighted by atomic mass is 10.2. The number of aryl methyl sites for hydroxylation is 1. The highest BCUT2D eigenvalue weighted by Crippen LogP contribution is 2.14. The number of hydrogen-bond acceptors (Lipinski definition) is 3. The second-order valence-electron chi connectivity index (χ2n) is 4.58. The first kappa shape index (κ1) is 15.0. The number of carboxylic acids is 1. The van der Waals surface area contributed by atoms with Crippen molar-refractivity contribution in [1.82, 2.24) is 5.32 Å². The Morgan fingerprint density at radius 3 is 2.63 bits per heavy atom. The van der Waals surface area contributed by atoms with Crippen LogP contribution in [0.5, 0.6) is 5.75 Å². The van der Waals surface area contributed by atoms with E-state index in [-0.39, 0.29) is 12.3 Å². The van der Waals surface area contributed by atoms with Gasteiger partial charge < -0.3 is 15.2 Å². The Bertz CT molecular complexity index is 459. The van der Waals surface area contributed by atoms with E-state index < -0.39 is 18.1 Å². The van der Waals surface area contributed by atoms with E-state index in [1.165, 1.54) is 0 Å². The van der Waals surface area contributed by atoms with Crippen molar-refractivity contribution in [3.05, 3.63) is 29.8 Å². The topological polar surface area (TPSA) is 75.6 Å². The van der Waals surface area contributed by atoms with Crippen LogP contribution < -0.4 is 10.1 Å². The number of carbonyl (C=O) groups excluding carboxylic acids is 1. The van der Waals surface area contributed by atoms with Gasteiger partial charge in [0.25, 0.3) is 5.91 Å². The molecule has 0 fully saturated rings. The van der Waals surface area contributed by atoms with Crippen molar-refractivity contribution < 1.29 is 19.4 Å². The minimum Gasteiger partial charge on any atom is -0.481 e. The van der Waals surface area contributed by atoms with Gasteiger partial charge in [0, 0.05) is 6.04 Å². The number of nitrogens with one attached hydrogen (secondary N) is 1. The fourth-order valence-electron chi connectivity index (χ4n) is 1.62. The summed E-state index contributed by atoms with van der Waals surface area (Å²) in [5, 5.41) is 11.2. The Kier molecular flexibility index (Phi) is 5.36. The van der Waals surface area contributed by atoms with Crippen LogP contribution >= 0.6 is 0 Å². The zero-order valence-corrected chi connectivity index (χ0v) is 11.3. The normalized spacial score (nSPS) is 13.4. The van der Waals surface area contributed by atoms with E-state index in [1.807, 2.05) is 25.1 Å². The average molecular weight is 265 g/mol. The Morgan fingerprint density at radius 1 is 1.37 bits per heavy atom. The average Bonchev–Trinajstić information content (AvgIpc) is 2.27. The van der Waals surface area contributed by atoms with Gasteiger partial charge in [0.15, 0.2) is 6.10 Å². The van der Waals surface area contributed by atoms with Gasteiger partial charge in [-0.1, -0.05) is 12.1 Å². The molecule has 1 aromatic rings. The second kappa shape index (κ2) is 6.78. The van der Waals surface area contributed by atoms with Gasteiger partial charge in [0.05, 0.1) is 6.42 Å². The van der Waals surface area contributed by atoms with Crippen LogP contribution in [0.25, 0.3) is 0 Å². The molecule has 0 aliphatic rings. The number of hydrogen-bond donors (Lipinski definition) is 2. The van der Waals surface area contributed by atoms with Gasteiger partial charge in [-0.2, -0.15) is 0 Å². The Hall–Kier alpha value is -2.04. The van der Waals surface area contributed by atoms with Crippen molar-refractivity contribution in [1.29, 1.82) is 0 Å². The van der Waals surface area contributed by atoms with Crippen molar-refractivity contribution in [2.75, 3.05) is 0 Å². The largest absolute Gasteiger partial charge is 0.481 e. The zero-order valence-electron chi connectivity index (χ0n) is 11.3. The highest BCUT2D eigenvalue weighted by atomic mass is 16.5. The number of benzene rings is 1. The number of rotatable bonds is 6. The van der Waals surface area contributed by atoms with E-state index in [0.29, 0.717) is 5.75 Å². The maximum absolute atomic E-state index is 11.8. The molecule has 2 atom stereocenters. The van der Waals surface area contributed by atoms with E-state index in [0.717, 1.165) is 5.56 Å². The maximum Gasteiger partial charge on any atom is 0.305 e. The van der Waals surface area contributed by atoms with Crippen LogP contribution in [-0.2, 0) is 9.59 Å². The fourth-order valence-corrected chi connectivity index (χ4v) is 1.62. The summed E-state index contributed by atoms with van der Waals surface area (Å²) >= 11 is 0. The molecule has 0 saturated heterocycles. The molecule has 0 radical (unpaired) electrons. The lowest BCUT2D eigenvalue weighted by molar-refractivity contribution is -0.137. The predicted molar refractivity (Wildman–Crippen MR) is 71.1 cm³/mol. The monoisotopic (exact) mass is 265 g/mol. The molecule has 104 valence electrons. The van der Waals surface area contributed by atoms with Crippen molar-refractivity contribution in [2.24, 2.45) is 0 Å². The summed E-state index contributed by atoms with van der Waals surface area (Å²) in [7, 11) is 0. The van der Waals surface area contributed by atoms with Gasteiger partial charge >= 0.3 is 5.97 Å². The van der Waals surface area contributed by atoms with Gasteiger partial charge in [0.2, 0.25) is 0 Å². The lowest BCUT2D eigenvalue weighted by Crippen LogP contribution is -2.42. The Balaban J connectivity index is 2.51. The molecule has 0 aliphatic carbocycles. The predicted octanol–water partition coefficient (Wildman–Crippen LogP) is 1.74. The van der Waals surface area contributed by atoms with Crippen molar-refractivity contribution in [3.63, 3.8) is 0 Å². The molecule has 5 heteroatoms. The minimum absolute atomic E-state index is 0.108. The first-order valence-electron chi connectivity index (χ1n) is 6.14. The summed E-state index contributed by atoms with van der Waals surface area (Å²) < 4.78 is 5.50. The molecule has 0 spiro atoms. The van der Waals surface area contributed by atoms with Crippen molar-refractivity contribution >= 4 is 11.9 Å². The molecule has 0 aliphatic heterocycles. The molecule has 0 bridgehead atoms. The van der Waals surface area contributed by atoms with E-state index in [2.05, 4.69) is 5.32 Å². The van der Waals surface area contributed by atoms with Crippen LogP contribution in [0.15, 0.2) is 24.3 Å². The van der Waals surface area contributed by atoms with Gasteiger partial charge in [-0.05, 0) is 38.5 Å². The molecule has 2 N–H and O–H groups in total. The first-order chi connectivity index (χ1) is 8.88. The van der Waals surface area contributed by atoms with E-state index in [9.17, 15) is 9.59 Å². The Morgan fingerprint density at radius 2 is 2.05 bits per heavy atom. The third kappa shape index (κ3) is 5.42. The number of carbonyl (C=O) groups is 2. The van der Waals surface area contributed by atoms with Crippen LogP contribution in [0, 0.1) is 6.92 Å². The fraction of sp³-hybridized carbons (Fsp3) is 0.429. The van der Waals surface area contributed by atoms with E-state index in [4.69, 9.17) is 9.84 Å². The van der Waals surface area contributed by atoms with E-state index in [1.54, 1.807) is 19.9 Å². The molecule has 0 aromatic heterocycles. The minimum atomic E-state index is -0.944. The van der Waals surface area contributed by atoms with Crippen LogP contribution in [0.3, 0.4) is 0 Å². The number of carboxylic acid groups (broad SMARTS) is 1. The molecule has 2 unspecified atom stereocenters. The molecule has 19 heavy (non-hydrogen) atoms. The van der Waals surface area contributed by atoms with E-state index >= 15 is 0 Å². The van der Waals surface area contributed by atoms with Crippen LogP contribution in [-0.4, -0.2) is 29.1 Å². The van der Waals surface area contributed by atoms with Gasteiger partial charge in [-0.3, -0.25) is 9.59 Å². The molecule has 0 saturated carbocycles. The third-order valence-corrected chi connectivity index (χ3v) is 2.54. The summed E-state index contributed by atoms with van der Waals surface area (Å²) in [5.74, 6) is -0.649. The summed E-state index contributed by atoms with van der Waals surface area (Å²) in [6, 6.07) is 6.98. The van der Waals surface area contributed by atoms with Crippen LogP contribution in [0.1, 0.15) is 25.8 Å². The van der Waals surface area contributed by atoms with Crippen LogP contribution in [0.4, 0.5) is 0 Å². The summed E-state index contributed by atoms with van der Waals surface area (Å²) in [6.07, 6.45) is -0.777. The van der Waals surface area contributed by atoms with Crippen LogP contribution in [0.2, 0.25) is 0 Å². The third-order valence-electron chi connectivity index (χ3n) is 2.54. The first-order valence-corrected chi connectivity index (χ1v) is 6.14. The summed E-state index contributed by atoms with van der Waals surface area (Å²) in [5.41, 5.74) is 1.05. The van der Waals surface area contributed by atoms with Gasteiger partial charge in [0.1, 0.15) is 5.75 Å². The SMILES string of the molecule is Cc1cccc(OC(C)C(=O)NC(C)CC(=O)O)c1. The standard InChI is InChI=1S/C14H19NO4/c1-9-5-4-6-12(7-9)19-11(3)14(18)15-10(2)8-13(16)17/h4-7,10-11H,8H2,1-3H3,(H,15,18)(H,16,17). The summed E-state index contributed by atoms with van der Waals surface area (Å²) in [4.78, 5) is 22.3. The highest BCUT2D eigenvalue weighted by Gasteiger charge is 2.18. The molecule has 5 nitrogen and oxygen atoms in total. The molecular formula is C14H19NO4. The second-order valence-corrected chi connectivity index (χ2v) is 4.58. The zero-order chi connectivity index (χ0) is 14.4. The van der Waals surface area contributed by atoms with Gasteiger partial charge in [-0.15, -0.1) is 0 Å². The quantitative estimate of drug-likeness (QED) is 0.821. The molecule has 0 heterocycles. The summed E-state index contributed by atoms with van der Waals surface area (Å²) in [6.45, 7) is 5.21. The van der Waals surface area contributed by atoms with Crippen molar-refractivity contribution in [2.45, 2.75) is 39.3 Å². The number of ether oxygens (including phenoxy) is 1. The smallest absolute Gasteiger partial charge is 0.305 e.